The van der Waals surface area contributed by atoms with Crippen molar-refractivity contribution in [2.45, 2.75) is 18.9 Å². The van der Waals surface area contributed by atoms with Gasteiger partial charge in [-0.05, 0) is 30.9 Å². The minimum Gasteiger partial charge on any atom is -0.506 e. The number of benzene rings is 1. The number of phenols is 1. The Labute approximate surface area is 106 Å². The van der Waals surface area contributed by atoms with Gasteiger partial charge in [-0.1, -0.05) is 12.1 Å². The number of ether oxygens (including phenoxy) is 1. The quantitative estimate of drug-likeness (QED) is 0.701. The number of nitrogens with two attached hydrogens (primary N) is 1. The first-order valence-electron chi connectivity index (χ1n) is 6.10. The highest BCUT2D eigenvalue weighted by Crippen LogP contribution is 2.23. The molecule has 1 aromatic carbocycles. The molecule has 4 N–H and O–H groups in total. The lowest BCUT2D eigenvalue weighted by Crippen LogP contribution is -2.44. The van der Waals surface area contributed by atoms with Crippen LogP contribution < -0.4 is 11.1 Å². The second-order valence-electron chi connectivity index (χ2n) is 4.48. The average Bonchev–Trinajstić information content (AvgIpc) is 2.41. The monoisotopic (exact) mass is 250 g/mol. The molecular formula is C13H18N2O3. The van der Waals surface area contributed by atoms with Crippen LogP contribution in [-0.2, 0) is 9.53 Å². The van der Waals surface area contributed by atoms with Crippen molar-refractivity contribution in [1.29, 1.82) is 0 Å². The van der Waals surface area contributed by atoms with E-state index < -0.39 is 6.04 Å². The van der Waals surface area contributed by atoms with E-state index in [0.29, 0.717) is 18.9 Å². The molecule has 1 fully saturated rings. The van der Waals surface area contributed by atoms with Crippen LogP contribution in [0.4, 0.5) is 5.69 Å². The zero-order chi connectivity index (χ0) is 13.0. The molecule has 0 bridgehead atoms. The molecule has 5 nitrogen and oxygen atoms in total. The summed E-state index contributed by atoms with van der Waals surface area (Å²) in [6.07, 6.45) is 1.60. The molecule has 18 heavy (non-hydrogen) atoms. The molecule has 1 atom stereocenters. The van der Waals surface area contributed by atoms with Crippen LogP contribution in [0.5, 0.6) is 5.75 Å². The van der Waals surface area contributed by atoms with E-state index in [4.69, 9.17) is 10.5 Å². The largest absolute Gasteiger partial charge is 0.506 e. The van der Waals surface area contributed by atoms with Gasteiger partial charge in [0, 0.05) is 13.2 Å². The summed E-state index contributed by atoms with van der Waals surface area (Å²) >= 11 is 0. The average molecular weight is 250 g/mol. The Balaban J connectivity index is 1.97. The molecule has 98 valence electrons. The Hall–Kier alpha value is -1.59. The molecule has 1 saturated heterocycles. The number of anilines is 1. The topological polar surface area (TPSA) is 84.6 Å². The number of hydrogen-bond donors (Lipinski definition) is 3. The number of amides is 1. The normalized spacial score (nSPS) is 18.3. The van der Waals surface area contributed by atoms with E-state index in [1.807, 2.05) is 0 Å². The smallest absolute Gasteiger partial charge is 0.241 e. The highest BCUT2D eigenvalue weighted by molar-refractivity contribution is 5.96. The van der Waals surface area contributed by atoms with Gasteiger partial charge >= 0.3 is 0 Å². The molecule has 1 unspecified atom stereocenters. The van der Waals surface area contributed by atoms with E-state index in [1.165, 1.54) is 6.07 Å². The summed E-state index contributed by atoms with van der Waals surface area (Å²) in [7, 11) is 0. The lowest BCUT2D eigenvalue weighted by Gasteiger charge is -2.26. The summed E-state index contributed by atoms with van der Waals surface area (Å²) in [6.45, 7) is 1.31. The maximum absolute atomic E-state index is 12.0. The number of aromatic hydroxyl groups is 1. The third-order valence-corrected chi connectivity index (χ3v) is 3.24. The van der Waals surface area contributed by atoms with Gasteiger partial charge in [-0.3, -0.25) is 4.79 Å². The number of para-hydroxylation sites is 2. The van der Waals surface area contributed by atoms with Crippen molar-refractivity contribution in [3.8, 4) is 5.75 Å². The van der Waals surface area contributed by atoms with Gasteiger partial charge in [-0.25, -0.2) is 0 Å². The van der Waals surface area contributed by atoms with Crippen LogP contribution in [0.1, 0.15) is 12.8 Å². The summed E-state index contributed by atoms with van der Waals surface area (Å²) in [6, 6.07) is 6.05. The Bertz CT molecular complexity index is 416. The molecule has 0 aliphatic carbocycles. The maximum atomic E-state index is 12.0. The van der Waals surface area contributed by atoms with Gasteiger partial charge in [0.15, 0.2) is 0 Å². The number of carbonyl (C=O) groups is 1. The molecular weight excluding hydrogens is 232 g/mol. The lowest BCUT2D eigenvalue weighted by atomic mass is 9.92. The minimum absolute atomic E-state index is 0.0463. The second-order valence-corrected chi connectivity index (χ2v) is 4.48. The summed E-state index contributed by atoms with van der Waals surface area (Å²) in [5, 5.41) is 12.2. The molecule has 1 aliphatic rings. The first-order valence-corrected chi connectivity index (χ1v) is 6.10. The highest BCUT2D eigenvalue weighted by atomic mass is 16.5. The molecule has 1 heterocycles. The van der Waals surface area contributed by atoms with Crippen LogP contribution in [-0.4, -0.2) is 30.3 Å². The Morgan fingerprint density at radius 2 is 2.06 bits per heavy atom. The number of hydrogen-bond acceptors (Lipinski definition) is 4. The third-order valence-electron chi connectivity index (χ3n) is 3.24. The second kappa shape index (κ2) is 5.84. The molecule has 0 aromatic heterocycles. The molecule has 5 heteroatoms. The number of nitrogens with one attached hydrogen (secondary N) is 1. The Kier molecular flexibility index (Phi) is 4.17. The molecule has 1 aromatic rings. The summed E-state index contributed by atoms with van der Waals surface area (Å²) in [5.41, 5.74) is 6.33. The fraction of sp³-hybridized carbons (Fsp3) is 0.462. The summed E-state index contributed by atoms with van der Waals surface area (Å²) in [5.74, 6) is -0.0713. The van der Waals surface area contributed by atoms with Crippen LogP contribution in [0.15, 0.2) is 24.3 Å². The van der Waals surface area contributed by atoms with Crippen molar-refractivity contribution >= 4 is 11.6 Å². The van der Waals surface area contributed by atoms with Crippen molar-refractivity contribution in [3.63, 3.8) is 0 Å². The van der Waals surface area contributed by atoms with E-state index in [9.17, 15) is 9.90 Å². The van der Waals surface area contributed by atoms with Crippen molar-refractivity contribution < 1.29 is 14.6 Å². The van der Waals surface area contributed by atoms with Gasteiger partial charge in [0.1, 0.15) is 5.75 Å². The molecule has 1 amide bonds. The maximum Gasteiger partial charge on any atom is 0.241 e. The van der Waals surface area contributed by atoms with Gasteiger partial charge < -0.3 is 20.9 Å². The Morgan fingerprint density at radius 1 is 1.39 bits per heavy atom. The van der Waals surface area contributed by atoms with E-state index in [-0.39, 0.29) is 17.6 Å². The van der Waals surface area contributed by atoms with E-state index >= 15 is 0 Å². The first kappa shape index (κ1) is 12.9. The van der Waals surface area contributed by atoms with Gasteiger partial charge in [0.05, 0.1) is 11.7 Å². The number of carbonyl (C=O) groups excluding carboxylic acids is 1. The van der Waals surface area contributed by atoms with Gasteiger partial charge in [-0.15, -0.1) is 0 Å². The standard InChI is InChI=1S/C13H18N2O3/c14-12(9-5-7-18-8-6-9)13(17)15-10-3-1-2-4-11(10)16/h1-4,9,12,16H,5-8,14H2,(H,15,17). The third kappa shape index (κ3) is 3.00. The highest BCUT2D eigenvalue weighted by Gasteiger charge is 2.26. The summed E-state index contributed by atoms with van der Waals surface area (Å²) < 4.78 is 5.24. The molecule has 0 saturated carbocycles. The molecule has 2 rings (SSSR count). The van der Waals surface area contributed by atoms with Gasteiger partial charge in [0.25, 0.3) is 0 Å². The van der Waals surface area contributed by atoms with Crippen LogP contribution >= 0.6 is 0 Å². The molecule has 0 spiro atoms. The van der Waals surface area contributed by atoms with Crippen LogP contribution in [0.25, 0.3) is 0 Å². The lowest BCUT2D eigenvalue weighted by molar-refractivity contribution is -0.119. The van der Waals surface area contributed by atoms with Gasteiger partial charge in [-0.2, -0.15) is 0 Å². The number of rotatable bonds is 3. The first-order chi connectivity index (χ1) is 8.68. The Morgan fingerprint density at radius 3 is 2.72 bits per heavy atom. The van der Waals surface area contributed by atoms with E-state index in [0.717, 1.165) is 12.8 Å². The molecule has 0 radical (unpaired) electrons. The van der Waals surface area contributed by atoms with Gasteiger partial charge in [0.2, 0.25) is 5.91 Å². The van der Waals surface area contributed by atoms with Crippen LogP contribution in [0.3, 0.4) is 0 Å². The van der Waals surface area contributed by atoms with Crippen molar-refractivity contribution in [2.24, 2.45) is 11.7 Å². The van der Waals surface area contributed by atoms with Crippen molar-refractivity contribution in [3.05, 3.63) is 24.3 Å². The predicted molar refractivity (Wildman–Crippen MR) is 68.3 cm³/mol. The number of phenolic OH excluding ortho intramolecular Hbond substituents is 1. The minimum atomic E-state index is -0.562. The van der Waals surface area contributed by atoms with Crippen molar-refractivity contribution in [2.75, 3.05) is 18.5 Å². The zero-order valence-electron chi connectivity index (χ0n) is 10.1. The van der Waals surface area contributed by atoms with E-state index in [2.05, 4.69) is 5.32 Å². The zero-order valence-corrected chi connectivity index (χ0v) is 10.1. The predicted octanol–water partition coefficient (Wildman–Crippen LogP) is 1.08. The summed E-state index contributed by atoms with van der Waals surface area (Å²) in [4.78, 5) is 12.0. The fourth-order valence-corrected chi connectivity index (χ4v) is 2.08. The molecule has 1 aliphatic heterocycles. The van der Waals surface area contributed by atoms with Crippen LogP contribution in [0.2, 0.25) is 0 Å². The van der Waals surface area contributed by atoms with Crippen LogP contribution in [0, 0.1) is 5.92 Å². The van der Waals surface area contributed by atoms with Crippen molar-refractivity contribution in [1.82, 2.24) is 0 Å². The fourth-order valence-electron chi connectivity index (χ4n) is 2.08. The van der Waals surface area contributed by atoms with E-state index in [1.54, 1.807) is 18.2 Å². The SMILES string of the molecule is NC(C(=O)Nc1ccccc1O)C1CCOCC1.